The monoisotopic (exact) mass is 222 g/mol. The van der Waals surface area contributed by atoms with Crippen LogP contribution in [0.5, 0.6) is 0 Å². The lowest BCUT2D eigenvalue weighted by atomic mass is 9.61. The van der Waals surface area contributed by atoms with E-state index in [2.05, 4.69) is 32.9 Å². The molecule has 0 bridgehead atoms. The molecule has 0 radical (unpaired) electrons. The second-order valence-electron chi connectivity index (χ2n) is 5.75. The predicted octanol–water partition coefficient (Wildman–Crippen LogP) is 4.88. The van der Waals surface area contributed by atoms with E-state index in [0.29, 0.717) is 11.3 Å². The van der Waals surface area contributed by atoms with Gasteiger partial charge in [0.05, 0.1) is 0 Å². The lowest BCUT2D eigenvalue weighted by Crippen LogP contribution is -2.32. The third-order valence-corrected chi connectivity index (χ3v) is 4.05. The highest BCUT2D eigenvalue weighted by Gasteiger charge is 2.38. The zero-order valence-corrected chi connectivity index (χ0v) is 10.5. The highest BCUT2D eigenvalue weighted by Crippen LogP contribution is 2.50. The predicted molar refractivity (Wildman–Crippen MR) is 66.4 cm³/mol. The number of benzene rings is 1. The normalized spacial score (nSPS) is 26.1. The minimum atomic E-state index is 0.456. The van der Waals surface area contributed by atoms with Gasteiger partial charge < -0.3 is 0 Å². The summed E-state index contributed by atoms with van der Waals surface area (Å²) in [6.45, 7) is 7.00. The van der Waals surface area contributed by atoms with E-state index in [1.807, 2.05) is 12.1 Å². The fraction of sp³-hybridized carbons (Fsp3) is 0.571. The van der Waals surface area contributed by atoms with Gasteiger partial charge >= 0.3 is 0 Å². The maximum atomic E-state index is 6.19. The maximum Gasteiger partial charge on any atom is 0.0440 e. The topological polar surface area (TPSA) is 0 Å². The Morgan fingerprint density at radius 1 is 1.13 bits per heavy atom. The van der Waals surface area contributed by atoms with E-state index in [-0.39, 0.29) is 0 Å². The van der Waals surface area contributed by atoms with E-state index in [1.165, 1.54) is 18.4 Å². The molecular weight excluding hydrogens is 204 g/mol. The van der Waals surface area contributed by atoms with Crippen LogP contribution in [-0.4, -0.2) is 0 Å². The van der Waals surface area contributed by atoms with E-state index in [9.17, 15) is 0 Å². The van der Waals surface area contributed by atoms with Gasteiger partial charge in [-0.2, -0.15) is 0 Å². The van der Waals surface area contributed by atoms with Crippen molar-refractivity contribution >= 4 is 11.6 Å². The molecule has 1 aliphatic carbocycles. The largest absolute Gasteiger partial charge is 0.0840 e. The average Bonchev–Trinajstić information content (AvgIpc) is 2.03. The van der Waals surface area contributed by atoms with Gasteiger partial charge in [0.15, 0.2) is 0 Å². The van der Waals surface area contributed by atoms with Crippen LogP contribution in [0.1, 0.15) is 45.1 Å². The molecule has 1 heteroatoms. The van der Waals surface area contributed by atoms with Crippen molar-refractivity contribution in [2.75, 3.05) is 0 Å². The summed E-state index contributed by atoms with van der Waals surface area (Å²) in [5.41, 5.74) is 1.80. The fourth-order valence-corrected chi connectivity index (χ4v) is 2.68. The molecule has 1 fully saturated rings. The Morgan fingerprint density at radius 3 is 2.27 bits per heavy atom. The molecule has 0 saturated heterocycles. The smallest absolute Gasteiger partial charge is 0.0440 e. The van der Waals surface area contributed by atoms with Crippen molar-refractivity contribution in [2.24, 2.45) is 11.3 Å². The lowest BCUT2D eigenvalue weighted by Gasteiger charge is -2.44. The molecule has 0 aliphatic heterocycles. The Morgan fingerprint density at radius 2 is 1.73 bits per heavy atom. The van der Waals surface area contributed by atoms with E-state index in [1.54, 1.807) is 0 Å². The van der Waals surface area contributed by atoms with Gasteiger partial charge in [-0.3, -0.25) is 0 Å². The molecule has 0 heterocycles. The van der Waals surface area contributed by atoms with Crippen LogP contribution in [-0.2, 0) is 0 Å². The number of halogens is 1. The van der Waals surface area contributed by atoms with Crippen molar-refractivity contribution in [3.63, 3.8) is 0 Å². The first-order chi connectivity index (χ1) is 6.98. The zero-order valence-electron chi connectivity index (χ0n) is 9.76. The molecule has 0 unspecified atom stereocenters. The second kappa shape index (κ2) is 3.83. The van der Waals surface area contributed by atoms with Crippen LogP contribution in [0, 0.1) is 11.3 Å². The van der Waals surface area contributed by atoms with Crippen LogP contribution in [0.2, 0.25) is 5.02 Å². The molecule has 0 spiro atoms. The zero-order chi connectivity index (χ0) is 11.1. The minimum Gasteiger partial charge on any atom is -0.0840 e. The van der Waals surface area contributed by atoms with E-state index in [4.69, 9.17) is 11.6 Å². The third kappa shape index (κ3) is 2.20. The van der Waals surface area contributed by atoms with Gasteiger partial charge in [0, 0.05) is 5.02 Å². The Labute approximate surface area is 97.6 Å². The summed E-state index contributed by atoms with van der Waals surface area (Å²) < 4.78 is 0. The highest BCUT2D eigenvalue weighted by atomic mass is 35.5. The van der Waals surface area contributed by atoms with Gasteiger partial charge in [0.1, 0.15) is 0 Å². The van der Waals surface area contributed by atoms with Crippen LogP contribution in [0.3, 0.4) is 0 Å². The molecule has 0 aromatic heterocycles. The van der Waals surface area contributed by atoms with Crippen molar-refractivity contribution in [1.82, 2.24) is 0 Å². The summed E-state index contributed by atoms with van der Waals surface area (Å²) in [5.74, 6) is 1.56. The number of hydrogen-bond donors (Lipinski definition) is 0. The van der Waals surface area contributed by atoms with Crippen molar-refractivity contribution in [3.8, 4) is 0 Å². The first-order valence-electron chi connectivity index (χ1n) is 5.73. The first kappa shape index (κ1) is 11.0. The van der Waals surface area contributed by atoms with Gasteiger partial charge in [-0.05, 0) is 41.7 Å². The summed E-state index contributed by atoms with van der Waals surface area (Å²) in [4.78, 5) is 0. The Kier molecular flexibility index (Phi) is 2.81. The fourth-order valence-electron chi connectivity index (χ4n) is 2.39. The molecule has 82 valence electrons. The maximum absolute atomic E-state index is 6.19. The van der Waals surface area contributed by atoms with Crippen LogP contribution in [0.4, 0.5) is 0 Å². The summed E-state index contributed by atoms with van der Waals surface area (Å²) in [7, 11) is 0. The Hall–Kier alpha value is -0.490. The number of hydrogen-bond acceptors (Lipinski definition) is 0. The molecule has 1 saturated carbocycles. The summed E-state index contributed by atoms with van der Waals surface area (Å²) in [6.07, 6.45) is 2.60. The van der Waals surface area contributed by atoms with E-state index in [0.717, 1.165) is 10.9 Å². The third-order valence-electron chi connectivity index (χ3n) is 3.71. The van der Waals surface area contributed by atoms with Gasteiger partial charge in [-0.25, -0.2) is 0 Å². The van der Waals surface area contributed by atoms with Crippen molar-refractivity contribution in [1.29, 1.82) is 0 Å². The summed E-state index contributed by atoms with van der Waals surface area (Å²) in [5, 5.41) is 0.940. The molecule has 0 amide bonds. The van der Waals surface area contributed by atoms with Crippen molar-refractivity contribution in [3.05, 3.63) is 34.9 Å². The SMILES string of the molecule is CC(C)(C)[C@H]1C[C@@H](c2ccccc2Cl)C1. The molecule has 2 rings (SSSR count). The molecule has 0 nitrogen and oxygen atoms in total. The van der Waals surface area contributed by atoms with Crippen molar-refractivity contribution in [2.45, 2.75) is 39.5 Å². The molecule has 0 N–H and O–H groups in total. The standard InChI is InChI=1S/C14H19Cl/c1-14(2,3)11-8-10(9-11)12-6-4-5-7-13(12)15/h4-7,10-11H,8-9H2,1-3H3/t10-,11+. The molecule has 15 heavy (non-hydrogen) atoms. The van der Waals surface area contributed by atoms with Gasteiger partial charge in [0.2, 0.25) is 0 Å². The molecule has 1 aromatic rings. The van der Waals surface area contributed by atoms with Gasteiger partial charge in [-0.15, -0.1) is 0 Å². The van der Waals surface area contributed by atoms with Crippen LogP contribution >= 0.6 is 11.6 Å². The Balaban J connectivity index is 2.04. The molecule has 1 aromatic carbocycles. The molecule has 0 atom stereocenters. The quantitative estimate of drug-likeness (QED) is 0.635. The Bertz CT molecular complexity index is 343. The van der Waals surface area contributed by atoms with Crippen LogP contribution in [0.15, 0.2) is 24.3 Å². The first-order valence-corrected chi connectivity index (χ1v) is 6.10. The van der Waals surface area contributed by atoms with Crippen molar-refractivity contribution < 1.29 is 0 Å². The minimum absolute atomic E-state index is 0.456. The van der Waals surface area contributed by atoms with Gasteiger partial charge in [0.25, 0.3) is 0 Å². The highest BCUT2D eigenvalue weighted by molar-refractivity contribution is 6.31. The molecule has 1 aliphatic rings. The second-order valence-corrected chi connectivity index (χ2v) is 6.16. The summed E-state index contributed by atoms with van der Waals surface area (Å²) >= 11 is 6.19. The van der Waals surface area contributed by atoms with E-state index < -0.39 is 0 Å². The van der Waals surface area contributed by atoms with Crippen LogP contribution < -0.4 is 0 Å². The van der Waals surface area contributed by atoms with E-state index >= 15 is 0 Å². The lowest BCUT2D eigenvalue weighted by molar-refractivity contribution is 0.115. The number of rotatable bonds is 1. The van der Waals surface area contributed by atoms with Crippen LogP contribution in [0.25, 0.3) is 0 Å². The molecular formula is C14H19Cl. The van der Waals surface area contributed by atoms with Gasteiger partial charge in [-0.1, -0.05) is 50.6 Å². The average molecular weight is 223 g/mol. The summed E-state index contributed by atoms with van der Waals surface area (Å²) in [6, 6.07) is 8.27.